The number of nitrogens with zero attached hydrogens (tertiary/aromatic N) is 2. The van der Waals surface area contributed by atoms with Gasteiger partial charge in [0.15, 0.2) is 0 Å². The first kappa shape index (κ1) is 17.5. The number of rotatable bonds is 3. The fraction of sp³-hybridized carbons (Fsp3) is 0.273. The minimum atomic E-state index is -0.137. The monoisotopic (exact) mass is 361 g/mol. The maximum atomic E-state index is 12.6. The Balaban J connectivity index is 1.47. The van der Waals surface area contributed by atoms with E-state index < -0.39 is 0 Å². The zero-order valence-corrected chi connectivity index (χ0v) is 15.6. The van der Waals surface area contributed by atoms with Crippen LogP contribution in [0.25, 0.3) is 10.9 Å². The maximum Gasteiger partial charge on any atom is 0.255 e. The summed E-state index contributed by atoms with van der Waals surface area (Å²) in [7, 11) is 0. The molecule has 5 nitrogen and oxygen atoms in total. The molecule has 27 heavy (non-hydrogen) atoms. The molecule has 1 aliphatic rings. The molecule has 4 rings (SSSR count). The Bertz CT molecular complexity index is 945. The molecule has 2 atom stereocenters. The largest absolute Gasteiger partial charge is 0.372 e. The van der Waals surface area contributed by atoms with Crippen LogP contribution in [0.5, 0.6) is 0 Å². The number of anilines is 2. The number of fused-ring (bicyclic) bond motifs is 1. The highest BCUT2D eigenvalue weighted by Gasteiger charge is 2.22. The Morgan fingerprint density at radius 3 is 2.52 bits per heavy atom. The van der Waals surface area contributed by atoms with Crippen LogP contribution in [0, 0.1) is 0 Å². The molecule has 0 bridgehead atoms. The third-order valence-electron chi connectivity index (χ3n) is 4.76. The van der Waals surface area contributed by atoms with Crippen LogP contribution in [0.15, 0.2) is 60.8 Å². The van der Waals surface area contributed by atoms with E-state index in [2.05, 4.69) is 29.0 Å². The van der Waals surface area contributed by atoms with Gasteiger partial charge >= 0.3 is 0 Å². The standard InChI is InChI=1S/C22H23N3O2/c1-15-13-25(14-16(2)27-15)20-9-7-17(8-10-20)22(26)24-19-11-18-5-3-4-6-21(18)23-12-19/h3-12,15-16H,13-14H2,1-2H3,(H,24,26). The van der Waals surface area contributed by atoms with Crippen molar-refractivity contribution in [1.29, 1.82) is 0 Å². The van der Waals surface area contributed by atoms with Gasteiger partial charge in [-0.15, -0.1) is 0 Å². The van der Waals surface area contributed by atoms with Gasteiger partial charge < -0.3 is 15.0 Å². The van der Waals surface area contributed by atoms with Gasteiger partial charge in [0.2, 0.25) is 0 Å². The highest BCUT2D eigenvalue weighted by atomic mass is 16.5. The van der Waals surface area contributed by atoms with Crippen molar-refractivity contribution in [3.05, 3.63) is 66.4 Å². The molecule has 1 N–H and O–H groups in total. The lowest BCUT2D eigenvalue weighted by Gasteiger charge is -2.36. The van der Waals surface area contributed by atoms with Crippen molar-refractivity contribution in [3.63, 3.8) is 0 Å². The van der Waals surface area contributed by atoms with Gasteiger partial charge in [-0.05, 0) is 50.2 Å². The molecule has 2 heterocycles. The van der Waals surface area contributed by atoms with Gasteiger partial charge in [-0.1, -0.05) is 18.2 Å². The number of amides is 1. The van der Waals surface area contributed by atoms with Gasteiger partial charge in [0, 0.05) is 29.7 Å². The quantitative estimate of drug-likeness (QED) is 0.763. The van der Waals surface area contributed by atoms with Crippen LogP contribution >= 0.6 is 0 Å². The highest BCUT2D eigenvalue weighted by molar-refractivity contribution is 6.05. The molecule has 0 spiro atoms. The van der Waals surface area contributed by atoms with E-state index in [1.807, 2.05) is 54.6 Å². The van der Waals surface area contributed by atoms with Gasteiger partial charge in [0.1, 0.15) is 0 Å². The first-order valence-electron chi connectivity index (χ1n) is 9.25. The number of ether oxygens (including phenoxy) is 1. The van der Waals surface area contributed by atoms with Crippen LogP contribution in [0.4, 0.5) is 11.4 Å². The Morgan fingerprint density at radius 1 is 1.07 bits per heavy atom. The number of aromatic nitrogens is 1. The lowest BCUT2D eigenvalue weighted by Crippen LogP contribution is -2.45. The number of pyridine rings is 1. The molecule has 138 valence electrons. The van der Waals surface area contributed by atoms with E-state index in [0.717, 1.165) is 29.7 Å². The summed E-state index contributed by atoms with van der Waals surface area (Å²) in [4.78, 5) is 19.3. The molecule has 0 saturated carbocycles. The predicted molar refractivity (Wildman–Crippen MR) is 108 cm³/mol. The minimum absolute atomic E-state index is 0.137. The van der Waals surface area contributed by atoms with E-state index in [1.165, 1.54) is 0 Å². The van der Waals surface area contributed by atoms with E-state index in [-0.39, 0.29) is 18.1 Å². The Labute approximate surface area is 159 Å². The van der Waals surface area contributed by atoms with Gasteiger partial charge in [-0.2, -0.15) is 0 Å². The third kappa shape index (κ3) is 3.93. The van der Waals surface area contributed by atoms with Crippen LogP contribution in [0.2, 0.25) is 0 Å². The summed E-state index contributed by atoms with van der Waals surface area (Å²) in [5.74, 6) is -0.137. The Morgan fingerprint density at radius 2 is 1.78 bits per heavy atom. The molecular formula is C22H23N3O2. The number of nitrogens with one attached hydrogen (secondary N) is 1. The van der Waals surface area contributed by atoms with Crippen molar-refractivity contribution in [2.24, 2.45) is 0 Å². The smallest absolute Gasteiger partial charge is 0.255 e. The number of para-hydroxylation sites is 1. The van der Waals surface area contributed by atoms with Crippen LogP contribution < -0.4 is 10.2 Å². The molecule has 0 aliphatic carbocycles. The fourth-order valence-electron chi connectivity index (χ4n) is 3.55. The number of morpholine rings is 1. The number of hydrogen-bond donors (Lipinski definition) is 1. The maximum absolute atomic E-state index is 12.6. The number of hydrogen-bond acceptors (Lipinski definition) is 4. The first-order chi connectivity index (χ1) is 13.1. The number of carbonyl (C=O) groups is 1. The lowest BCUT2D eigenvalue weighted by molar-refractivity contribution is -0.00522. The summed E-state index contributed by atoms with van der Waals surface area (Å²) in [5.41, 5.74) is 3.34. The summed E-state index contributed by atoms with van der Waals surface area (Å²) in [6.45, 7) is 5.89. The molecule has 5 heteroatoms. The second-order valence-corrected chi connectivity index (χ2v) is 7.08. The number of benzene rings is 2. The third-order valence-corrected chi connectivity index (χ3v) is 4.76. The summed E-state index contributed by atoms with van der Waals surface area (Å²) < 4.78 is 5.79. The Hall–Kier alpha value is -2.92. The van der Waals surface area contributed by atoms with Crippen LogP contribution in [0.3, 0.4) is 0 Å². The molecule has 1 amide bonds. The first-order valence-corrected chi connectivity index (χ1v) is 9.25. The van der Waals surface area contributed by atoms with Gasteiger partial charge in [-0.25, -0.2) is 0 Å². The zero-order valence-electron chi connectivity index (χ0n) is 15.6. The molecule has 1 fully saturated rings. The Kier molecular flexibility index (Phi) is 4.77. The van der Waals surface area contributed by atoms with Crippen molar-refractivity contribution in [2.45, 2.75) is 26.1 Å². The van der Waals surface area contributed by atoms with Crippen LogP contribution in [0.1, 0.15) is 24.2 Å². The summed E-state index contributed by atoms with van der Waals surface area (Å²) >= 11 is 0. The van der Waals surface area contributed by atoms with E-state index in [1.54, 1.807) is 6.20 Å². The van der Waals surface area contributed by atoms with Gasteiger partial charge in [0.25, 0.3) is 5.91 Å². The summed E-state index contributed by atoms with van der Waals surface area (Å²) in [5, 5.41) is 3.93. The van der Waals surface area contributed by atoms with Crippen molar-refractivity contribution in [3.8, 4) is 0 Å². The van der Waals surface area contributed by atoms with Crippen molar-refractivity contribution in [2.75, 3.05) is 23.3 Å². The minimum Gasteiger partial charge on any atom is -0.372 e. The van der Waals surface area contributed by atoms with Crippen molar-refractivity contribution in [1.82, 2.24) is 4.98 Å². The molecule has 2 unspecified atom stereocenters. The van der Waals surface area contributed by atoms with Crippen molar-refractivity contribution >= 4 is 28.2 Å². The molecule has 1 saturated heterocycles. The molecule has 1 aromatic heterocycles. The number of carbonyl (C=O) groups excluding carboxylic acids is 1. The normalized spacial score (nSPS) is 19.9. The highest BCUT2D eigenvalue weighted by Crippen LogP contribution is 2.22. The predicted octanol–water partition coefficient (Wildman–Crippen LogP) is 4.10. The average molecular weight is 361 g/mol. The zero-order chi connectivity index (χ0) is 18.8. The topological polar surface area (TPSA) is 54.5 Å². The van der Waals surface area contributed by atoms with E-state index >= 15 is 0 Å². The fourth-order valence-corrected chi connectivity index (χ4v) is 3.55. The SMILES string of the molecule is CC1CN(c2ccc(C(=O)Nc3cnc4ccccc4c3)cc2)CC(C)O1. The molecule has 2 aromatic carbocycles. The summed E-state index contributed by atoms with van der Waals surface area (Å²) in [6.07, 6.45) is 2.10. The van der Waals surface area contributed by atoms with Gasteiger partial charge in [-0.3, -0.25) is 9.78 Å². The van der Waals surface area contributed by atoms with Crippen LogP contribution in [-0.4, -0.2) is 36.2 Å². The van der Waals surface area contributed by atoms with E-state index in [9.17, 15) is 4.79 Å². The second kappa shape index (κ2) is 7.37. The molecule has 3 aromatic rings. The molecular weight excluding hydrogens is 338 g/mol. The summed E-state index contributed by atoms with van der Waals surface area (Å²) in [6, 6.07) is 17.5. The lowest BCUT2D eigenvalue weighted by atomic mass is 10.1. The van der Waals surface area contributed by atoms with E-state index in [4.69, 9.17) is 4.74 Å². The van der Waals surface area contributed by atoms with Crippen LogP contribution in [-0.2, 0) is 4.74 Å². The average Bonchev–Trinajstić information content (AvgIpc) is 2.67. The van der Waals surface area contributed by atoms with Gasteiger partial charge in [0.05, 0.1) is 29.6 Å². The molecule has 0 radical (unpaired) electrons. The van der Waals surface area contributed by atoms with E-state index in [0.29, 0.717) is 11.3 Å². The van der Waals surface area contributed by atoms with Crippen molar-refractivity contribution < 1.29 is 9.53 Å². The molecule has 1 aliphatic heterocycles. The second-order valence-electron chi connectivity index (χ2n) is 7.08.